The van der Waals surface area contributed by atoms with Crippen LogP contribution in [0.2, 0.25) is 0 Å². The summed E-state index contributed by atoms with van der Waals surface area (Å²) in [5.74, 6) is 1.12. The first kappa shape index (κ1) is 17.6. The summed E-state index contributed by atoms with van der Waals surface area (Å²) in [6.45, 7) is 0.391. The highest BCUT2D eigenvalue weighted by atomic mass is 19.1. The fourth-order valence-electron chi connectivity index (χ4n) is 2.32. The molecule has 0 spiro atoms. The third-order valence-corrected chi connectivity index (χ3v) is 3.74. The zero-order valence-corrected chi connectivity index (χ0v) is 14.2. The number of rotatable bonds is 7. The number of hydrogen-bond donors (Lipinski definition) is 1. The van der Waals surface area contributed by atoms with Gasteiger partial charge in [-0.15, -0.1) is 0 Å². The van der Waals surface area contributed by atoms with Crippen molar-refractivity contribution in [1.29, 1.82) is 0 Å². The second-order valence-corrected chi connectivity index (χ2v) is 5.61. The van der Waals surface area contributed by atoms with Gasteiger partial charge in [0.15, 0.2) is 11.7 Å². The number of oxazole rings is 1. The average molecular weight is 355 g/mol. The molecule has 3 rings (SSSR count). The van der Waals surface area contributed by atoms with Crippen LogP contribution in [0.15, 0.2) is 53.2 Å². The Balaban J connectivity index is 1.47. The van der Waals surface area contributed by atoms with Crippen LogP contribution in [-0.4, -0.2) is 23.0 Å². The number of aromatic nitrogens is 2. The summed E-state index contributed by atoms with van der Waals surface area (Å²) in [4.78, 5) is 20.2. The summed E-state index contributed by atoms with van der Waals surface area (Å²) in [6.07, 6.45) is 3.87. The van der Waals surface area contributed by atoms with E-state index in [0.29, 0.717) is 30.5 Å². The zero-order valence-electron chi connectivity index (χ0n) is 14.2. The molecule has 1 N–H and O–H groups in total. The van der Waals surface area contributed by atoms with Crippen LogP contribution < -0.4 is 10.1 Å². The Bertz CT molecular complexity index is 860. The number of carbonyl (C=O) groups excluding carboxylic acids is 1. The second-order valence-electron chi connectivity index (χ2n) is 5.61. The van der Waals surface area contributed by atoms with Crippen LogP contribution in [-0.2, 0) is 17.8 Å². The van der Waals surface area contributed by atoms with Gasteiger partial charge in [0.25, 0.3) is 0 Å². The molecule has 0 aliphatic rings. The van der Waals surface area contributed by atoms with Gasteiger partial charge >= 0.3 is 0 Å². The van der Waals surface area contributed by atoms with Gasteiger partial charge < -0.3 is 14.5 Å². The number of aryl methyl sites for hydroxylation is 1. The lowest BCUT2D eigenvalue weighted by Gasteiger charge is -2.05. The number of nitrogens with one attached hydrogen (secondary N) is 1. The summed E-state index contributed by atoms with van der Waals surface area (Å²) in [6, 6.07) is 9.54. The van der Waals surface area contributed by atoms with Crippen LogP contribution in [0.3, 0.4) is 0 Å². The molecule has 0 atom stereocenters. The molecule has 0 aliphatic heterocycles. The van der Waals surface area contributed by atoms with E-state index in [-0.39, 0.29) is 18.1 Å². The molecule has 0 bridgehead atoms. The van der Waals surface area contributed by atoms with E-state index in [9.17, 15) is 9.18 Å². The van der Waals surface area contributed by atoms with Crippen molar-refractivity contribution in [1.82, 2.24) is 15.3 Å². The molecule has 134 valence electrons. The van der Waals surface area contributed by atoms with E-state index in [1.54, 1.807) is 37.7 Å². The van der Waals surface area contributed by atoms with Gasteiger partial charge in [0.05, 0.1) is 13.3 Å². The van der Waals surface area contributed by atoms with E-state index in [4.69, 9.17) is 9.15 Å². The minimum absolute atomic E-state index is 0.109. The summed E-state index contributed by atoms with van der Waals surface area (Å²) in [7, 11) is 1.55. The monoisotopic (exact) mass is 355 g/mol. The normalized spacial score (nSPS) is 10.5. The fraction of sp³-hybridized carbons (Fsp3) is 0.211. The Labute approximate surface area is 150 Å². The lowest BCUT2D eigenvalue weighted by Crippen LogP contribution is -2.23. The Hall–Kier alpha value is -3.22. The van der Waals surface area contributed by atoms with E-state index >= 15 is 0 Å². The van der Waals surface area contributed by atoms with Crippen LogP contribution in [0.4, 0.5) is 4.39 Å². The van der Waals surface area contributed by atoms with Crippen molar-refractivity contribution in [2.75, 3.05) is 7.11 Å². The van der Waals surface area contributed by atoms with E-state index in [1.807, 2.05) is 6.07 Å². The van der Waals surface area contributed by atoms with Gasteiger partial charge in [-0.25, -0.2) is 14.4 Å². The molecule has 2 aromatic heterocycles. The number of pyridine rings is 1. The number of methoxy groups -OCH3 is 1. The van der Waals surface area contributed by atoms with Crippen molar-refractivity contribution >= 4 is 5.91 Å². The Morgan fingerprint density at radius 2 is 1.96 bits per heavy atom. The van der Waals surface area contributed by atoms with Crippen molar-refractivity contribution in [2.45, 2.75) is 19.4 Å². The standard InChI is InChI=1S/C19H18FN3O3/c1-25-18-8-2-13(11-22-18)10-21-17(24)7-9-19-23-12-16(26-19)14-3-5-15(20)6-4-14/h2-6,8,11-12H,7,9-10H2,1H3,(H,21,24). The molecular formula is C19H18FN3O3. The largest absolute Gasteiger partial charge is 0.481 e. The van der Waals surface area contributed by atoms with Crippen molar-refractivity contribution in [2.24, 2.45) is 0 Å². The number of benzene rings is 1. The summed E-state index contributed by atoms with van der Waals surface area (Å²) in [5.41, 5.74) is 1.62. The van der Waals surface area contributed by atoms with Crippen molar-refractivity contribution in [3.63, 3.8) is 0 Å². The molecule has 0 unspecified atom stereocenters. The molecule has 3 aromatic rings. The number of ether oxygens (including phenoxy) is 1. The van der Waals surface area contributed by atoms with Crippen molar-refractivity contribution in [3.05, 3.63) is 66.1 Å². The summed E-state index contributed by atoms with van der Waals surface area (Å²) < 4.78 is 23.5. The SMILES string of the molecule is COc1ccc(CNC(=O)CCc2ncc(-c3ccc(F)cc3)o2)cn1. The maximum Gasteiger partial charge on any atom is 0.220 e. The first-order valence-electron chi connectivity index (χ1n) is 8.10. The molecular weight excluding hydrogens is 337 g/mol. The van der Waals surface area contributed by atoms with Crippen LogP contribution in [0, 0.1) is 5.82 Å². The van der Waals surface area contributed by atoms with Crippen LogP contribution in [0.1, 0.15) is 17.9 Å². The molecule has 0 fully saturated rings. The van der Waals surface area contributed by atoms with E-state index in [2.05, 4.69) is 15.3 Å². The fourth-order valence-corrected chi connectivity index (χ4v) is 2.32. The van der Waals surface area contributed by atoms with Crippen molar-refractivity contribution in [3.8, 4) is 17.2 Å². The molecule has 0 aliphatic carbocycles. The molecule has 2 heterocycles. The quantitative estimate of drug-likeness (QED) is 0.704. The van der Waals surface area contributed by atoms with Crippen LogP contribution >= 0.6 is 0 Å². The lowest BCUT2D eigenvalue weighted by molar-refractivity contribution is -0.121. The van der Waals surface area contributed by atoms with Gasteiger partial charge in [-0.3, -0.25) is 4.79 Å². The van der Waals surface area contributed by atoms with E-state index in [1.165, 1.54) is 12.1 Å². The maximum absolute atomic E-state index is 12.9. The van der Waals surface area contributed by atoms with Gasteiger partial charge in [0, 0.05) is 37.2 Å². The van der Waals surface area contributed by atoms with Gasteiger partial charge in [-0.2, -0.15) is 0 Å². The third kappa shape index (κ3) is 4.66. The first-order chi connectivity index (χ1) is 12.6. The number of hydrogen-bond acceptors (Lipinski definition) is 5. The highest BCUT2D eigenvalue weighted by Gasteiger charge is 2.09. The number of halogens is 1. The predicted octanol–water partition coefficient (Wildman–Crippen LogP) is 3.13. The Morgan fingerprint density at radius 1 is 1.15 bits per heavy atom. The van der Waals surface area contributed by atoms with Gasteiger partial charge in [-0.1, -0.05) is 6.07 Å². The first-order valence-corrected chi connectivity index (χ1v) is 8.10. The maximum atomic E-state index is 12.9. The van der Waals surface area contributed by atoms with Gasteiger partial charge in [0.2, 0.25) is 11.8 Å². The van der Waals surface area contributed by atoms with Gasteiger partial charge in [-0.05, 0) is 29.8 Å². The Kier molecular flexibility index (Phi) is 5.58. The van der Waals surface area contributed by atoms with Crippen LogP contribution in [0.25, 0.3) is 11.3 Å². The molecule has 0 radical (unpaired) electrons. The molecule has 6 nitrogen and oxygen atoms in total. The molecule has 0 saturated heterocycles. The molecule has 7 heteroatoms. The molecule has 1 amide bonds. The minimum Gasteiger partial charge on any atom is -0.481 e. The number of carbonyl (C=O) groups is 1. The molecule has 1 aromatic carbocycles. The van der Waals surface area contributed by atoms with Crippen molar-refractivity contribution < 1.29 is 18.3 Å². The summed E-state index contributed by atoms with van der Waals surface area (Å²) >= 11 is 0. The third-order valence-electron chi connectivity index (χ3n) is 3.74. The molecule has 26 heavy (non-hydrogen) atoms. The lowest BCUT2D eigenvalue weighted by atomic mass is 10.2. The van der Waals surface area contributed by atoms with Crippen LogP contribution in [0.5, 0.6) is 5.88 Å². The molecule has 0 saturated carbocycles. The zero-order chi connectivity index (χ0) is 18.4. The van der Waals surface area contributed by atoms with E-state index in [0.717, 1.165) is 11.1 Å². The highest BCUT2D eigenvalue weighted by Crippen LogP contribution is 2.21. The number of nitrogens with zero attached hydrogens (tertiary/aromatic N) is 2. The Morgan fingerprint density at radius 3 is 2.65 bits per heavy atom. The smallest absolute Gasteiger partial charge is 0.220 e. The van der Waals surface area contributed by atoms with E-state index < -0.39 is 0 Å². The summed E-state index contributed by atoms with van der Waals surface area (Å²) in [5, 5.41) is 2.82. The van der Waals surface area contributed by atoms with Gasteiger partial charge in [0.1, 0.15) is 5.82 Å². The average Bonchev–Trinajstić information content (AvgIpc) is 3.14. The second kappa shape index (κ2) is 8.24. The number of amides is 1. The minimum atomic E-state index is -0.308. The highest BCUT2D eigenvalue weighted by molar-refractivity contribution is 5.76. The predicted molar refractivity (Wildman–Crippen MR) is 92.9 cm³/mol. The topological polar surface area (TPSA) is 77.2 Å².